The van der Waals surface area contributed by atoms with E-state index < -0.39 is 5.82 Å². The average Bonchev–Trinajstić information content (AvgIpc) is 2.77. The Balaban J connectivity index is 0.00000166. The first-order valence-electron chi connectivity index (χ1n) is 9.98. The Bertz CT molecular complexity index is 1170. The number of aromatic nitrogens is 2. The summed E-state index contributed by atoms with van der Waals surface area (Å²) in [6, 6.07) is 11.2. The third-order valence-electron chi connectivity index (χ3n) is 4.34. The predicted octanol–water partition coefficient (Wildman–Crippen LogP) is 4.93. The number of halogens is 2. The Morgan fingerprint density at radius 3 is 2.61 bits per heavy atom. The number of nitrogens with one attached hydrogen (secondary N) is 2. The number of hydrogen-bond acceptors (Lipinski definition) is 4. The summed E-state index contributed by atoms with van der Waals surface area (Å²) in [4.78, 5) is 21.1. The second-order valence-corrected chi connectivity index (χ2v) is 6.86. The van der Waals surface area contributed by atoms with E-state index in [-0.39, 0.29) is 22.5 Å². The molecule has 0 radical (unpaired) electrons. The van der Waals surface area contributed by atoms with Crippen LogP contribution in [0.25, 0.3) is 12.7 Å². The third kappa shape index (κ3) is 6.36. The molecule has 0 spiro atoms. The standard InChI is InChI=1S/C22H20ClFN4O.C2H6/c1-4-20-14(3)27-21(12-25-20)26-13(2)15-6-5-7-17(10-15)28-22(29)16-8-9-19(24)18(23)11-16;1-2/h4-13H,3H2,1-2H3,(H,26,27)(H,28,29);1-2H3/b20-4+;. The van der Waals surface area contributed by atoms with Crippen molar-refractivity contribution in [2.24, 2.45) is 0 Å². The maximum absolute atomic E-state index is 13.3. The van der Waals surface area contributed by atoms with Gasteiger partial charge in [-0.05, 0) is 49.7 Å². The van der Waals surface area contributed by atoms with Gasteiger partial charge < -0.3 is 10.6 Å². The third-order valence-corrected chi connectivity index (χ3v) is 4.63. The molecule has 0 aliphatic carbocycles. The van der Waals surface area contributed by atoms with Crippen LogP contribution in [0.2, 0.25) is 5.02 Å². The summed E-state index contributed by atoms with van der Waals surface area (Å²) >= 11 is 5.75. The van der Waals surface area contributed by atoms with Crippen LogP contribution in [0.5, 0.6) is 0 Å². The van der Waals surface area contributed by atoms with E-state index in [4.69, 9.17) is 11.6 Å². The van der Waals surface area contributed by atoms with Gasteiger partial charge in [-0.1, -0.05) is 50.2 Å². The summed E-state index contributed by atoms with van der Waals surface area (Å²) in [5.74, 6) is -0.323. The quantitative estimate of drug-likeness (QED) is 0.590. The maximum atomic E-state index is 13.3. The van der Waals surface area contributed by atoms with Crippen molar-refractivity contribution >= 4 is 41.7 Å². The van der Waals surface area contributed by atoms with Crippen molar-refractivity contribution in [2.75, 3.05) is 10.6 Å². The fourth-order valence-electron chi connectivity index (χ4n) is 2.78. The molecule has 1 aromatic heterocycles. The van der Waals surface area contributed by atoms with Gasteiger partial charge in [0.2, 0.25) is 0 Å². The van der Waals surface area contributed by atoms with Crippen molar-refractivity contribution in [1.29, 1.82) is 0 Å². The molecule has 0 fully saturated rings. The lowest BCUT2D eigenvalue weighted by Gasteiger charge is -2.16. The van der Waals surface area contributed by atoms with Gasteiger partial charge in [-0.2, -0.15) is 0 Å². The van der Waals surface area contributed by atoms with Gasteiger partial charge in [0, 0.05) is 11.3 Å². The minimum atomic E-state index is -0.566. The van der Waals surface area contributed by atoms with Gasteiger partial charge in [0.25, 0.3) is 5.91 Å². The van der Waals surface area contributed by atoms with Crippen molar-refractivity contribution in [2.45, 2.75) is 33.7 Å². The lowest BCUT2D eigenvalue weighted by Crippen LogP contribution is -2.30. The minimum Gasteiger partial charge on any atom is -0.362 e. The second-order valence-electron chi connectivity index (χ2n) is 6.45. The molecule has 1 amide bonds. The van der Waals surface area contributed by atoms with Crippen LogP contribution in [-0.4, -0.2) is 15.9 Å². The van der Waals surface area contributed by atoms with Crippen LogP contribution in [0.1, 0.15) is 49.7 Å². The molecule has 0 saturated heterocycles. The number of anilines is 2. The highest BCUT2D eigenvalue weighted by Gasteiger charge is 2.11. The van der Waals surface area contributed by atoms with Crippen LogP contribution in [0.3, 0.4) is 0 Å². The van der Waals surface area contributed by atoms with Gasteiger partial charge in [0.05, 0.1) is 28.0 Å². The van der Waals surface area contributed by atoms with E-state index >= 15 is 0 Å². The zero-order valence-electron chi connectivity index (χ0n) is 18.0. The number of benzene rings is 2. The van der Waals surface area contributed by atoms with Crippen LogP contribution >= 0.6 is 11.6 Å². The molecule has 0 aliphatic heterocycles. The zero-order chi connectivity index (χ0) is 23.0. The number of amides is 1. The van der Waals surface area contributed by atoms with Gasteiger partial charge in [0.15, 0.2) is 0 Å². The van der Waals surface area contributed by atoms with Gasteiger partial charge in [-0.15, -0.1) is 0 Å². The summed E-state index contributed by atoms with van der Waals surface area (Å²) in [6.07, 6.45) is 3.51. The molecule has 2 aromatic carbocycles. The molecule has 31 heavy (non-hydrogen) atoms. The molecule has 1 atom stereocenters. The molecule has 2 N–H and O–H groups in total. The SMILES string of the molecule is C=c1nc(NC(C)c2cccc(NC(=O)c3ccc(F)c(Cl)c3)c2)cn/c1=C/C.CC. The fourth-order valence-corrected chi connectivity index (χ4v) is 2.96. The van der Waals surface area contributed by atoms with Crippen LogP contribution in [0, 0.1) is 5.82 Å². The lowest BCUT2D eigenvalue weighted by molar-refractivity contribution is 0.102. The molecule has 0 aliphatic rings. The Kier molecular flexibility index (Phi) is 8.70. The molecular weight excluding hydrogens is 415 g/mol. The zero-order valence-corrected chi connectivity index (χ0v) is 18.8. The van der Waals surface area contributed by atoms with Crippen molar-refractivity contribution in [3.63, 3.8) is 0 Å². The number of carbonyl (C=O) groups is 1. The van der Waals surface area contributed by atoms with Crippen LogP contribution < -0.4 is 21.3 Å². The molecule has 162 valence electrons. The molecule has 3 aromatic rings. The Morgan fingerprint density at radius 1 is 1.23 bits per heavy atom. The van der Waals surface area contributed by atoms with Crippen molar-refractivity contribution in [3.8, 4) is 0 Å². The van der Waals surface area contributed by atoms with Gasteiger partial charge >= 0.3 is 0 Å². The molecule has 5 nitrogen and oxygen atoms in total. The second kappa shape index (κ2) is 11.2. The summed E-state index contributed by atoms with van der Waals surface area (Å²) < 4.78 is 13.3. The molecule has 3 rings (SSSR count). The molecular formula is C24H26ClFN4O. The minimum absolute atomic E-state index is 0.0859. The van der Waals surface area contributed by atoms with Gasteiger partial charge in [-0.25, -0.2) is 9.37 Å². The number of hydrogen-bond donors (Lipinski definition) is 2. The summed E-state index contributed by atoms with van der Waals surface area (Å²) in [5, 5.41) is 7.32. The van der Waals surface area contributed by atoms with Crippen LogP contribution in [-0.2, 0) is 0 Å². The van der Waals surface area contributed by atoms with Crippen molar-refractivity contribution in [3.05, 3.63) is 81.3 Å². The smallest absolute Gasteiger partial charge is 0.255 e. The van der Waals surface area contributed by atoms with Crippen molar-refractivity contribution < 1.29 is 9.18 Å². The predicted molar refractivity (Wildman–Crippen MR) is 126 cm³/mol. The Morgan fingerprint density at radius 2 is 1.97 bits per heavy atom. The van der Waals surface area contributed by atoms with Gasteiger partial charge in [0.1, 0.15) is 11.6 Å². The summed E-state index contributed by atoms with van der Waals surface area (Å²) in [5.41, 5.74) is 1.83. The van der Waals surface area contributed by atoms with Crippen LogP contribution in [0.15, 0.2) is 48.7 Å². The molecule has 7 heteroatoms. The number of rotatable bonds is 5. The molecule has 1 unspecified atom stereocenters. The summed E-state index contributed by atoms with van der Waals surface area (Å²) in [6.45, 7) is 11.8. The first-order valence-corrected chi connectivity index (χ1v) is 10.4. The monoisotopic (exact) mass is 440 g/mol. The Hall–Kier alpha value is -3.25. The molecule has 0 bridgehead atoms. The van der Waals surface area contributed by atoms with E-state index in [9.17, 15) is 9.18 Å². The summed E-state index contributed by atoms with van der Waals surface area (Å²) in [7, 11) is 0. The van der Waals surface area contributed by atoms with E-state index in [1.165, 1.54) is 18.2 Å². The van der Waals surface area contributed by atoms with E-state index in [1.54, 1.807) is 12.3 Å². The highest BCUT2D eigenvalue weighted by Crippen LogP contribution is 2.22. The highest BCUT2D eigenvalue weighted by molar-refractivity contribution is 6.31. The normalized spacial score (nSPS) is 11.9. The molecule has 1 heterocycles. The van der Waals surface area contributed by atoms with Gasteiger partial charge in [-0.3, -0.25) is 9.78 Å². The van der Waals surface area contributed by atoms with Crippen molar-refractivity contribution in [1.82, 2.24) is 9.97 Å². The highest BCUT2D eigenvalue weighted by atomic mass is 35.5. The largest absolute Gasteiger partial charge is 0.362 e. The lowest BCUT2D eigenvalue weighted by atomic mass is 10.1. The topological polar surface area (TPSA) is 66.9 Å². The molecule has 0 saturated carbocycles. The maximum Gasteiger partial charge on any atom is 0.255 e. The van der Waals surface area contributed by atoms with E-state index in [0.717, 1.165) is 10.9 Å². The number of nitrogens with zero attached hydrogens (tertiary/aromatic N) is 2. The average molecular weight is 441 g/mol. The van der Waals surface area contributed by atoms with E-state index in [1.807, 2.05) is 52.0 Å². The first kappa shape index (κ1) is 24.0. The Labute approximate surface area is 186 Å². The number of carbonyl (C=O) groups excluding carboxylic acids is 1. The van der Waals surface area contributed by atoms with E-state index in [2.05, 4.69) is 27.2 Å². The van der Waals surface area contributed by atoms with Crippen LogP contribution in [0.4, 0.5) is 15.9 Å². The van der Waals surface area contributed by atoms with E-state index in [0.29, 0.717) is 16.9 Å². The first-order chi connectivity index (χ1) is 14.9. The fraction of sp³-hybridized carbons (Fsp3) is 0.208.